The topological polar surface area (TPSA) is 59.5 Å². The fourth-order valence-corrected chi connectivity index (χ4v) is 3.43. The molecule has 1 fully saturated rings. The van der Waals surface area contributed by atoms with E-state index in [0.717, 1.165) is 6.42 Å². The number of thiophene rings is 1. The van der Waals surface area contributed by atoms with Crippen LogP contribution in [0.15, 0.2) is 40.4 Å². The first-order valence-corrected chi connectivity index (χ1v) is 8.51. The maximum Gasteiger partial charge on any atom is 0.334 e. The van der Waals surface area contributed by atoms with Crippen molar-refractivity contribution in [1.29, 1.82) is 0 Å². The summed E-state index contributed by atoms with van der Waals surface area (Å²) in [5.41, 5.74) is 0. The van der Waals surface area contributed by atoms with Crippen LogP contribution in [0.1, 0.15) is 22.5 Å². The van der Waals surface area contributed by atoms with E-state index in [1.165, 1.54) is 11.3 Å². The van der Waals surface area contributed by atoms with Gasteiger partial charge in [0.1, 0.15) is 10.6 Å². The predicted molar refractivity (Wildman–Crippen MR) is 85.9 cm³/mol. The molecule has 0 bridgehead atoms. The minimum absolute atomic E-state index is 0.111. The molecule has 0 N–H and O–H groups in total. The number of pyridine rings is 1. The quantitative estimate of drug-likeness (QED) is 0.606. The monoisotopic (exact) mass is 380 g/mol. The summed E-state index contributed by atoms with van der Waals surface area (Å²) in [6.45, 7) is 0.574. The molecule has 2 aromatic rings. The lowest BCUT2D eigenvalue weighted by Gasteiger charge is -2.22. The number of halogens is 1. The van der Waals surface area contributed by atoms with E-state index in [1.54, 1.807) is 29.3 Å². The molecule has 1 amide bonds. The van der Waals surface area contributed by atoms with Crippen molar-refractivity contribution in [1.82, 2.24) is 9.88 Å². The molecule has 22 heavy (non-hydrogen) atoms. The van der Waals surface area contributed by atoms with Gasteiger partial charge in [-0.3, -0.25) is 4.79 Å². The van der Waals surface area contributed by atoms with Crippen molar-refractivity contribution in [2.24, 2.45) is 0 Å². The second kappa shape index (κ2) is 6.58. The molecule has 5 nitrogen and oxygen atoms in total. The van der Waals surface area contributed by atoms with Crippen molar-refractivity contribution in [2.75, 3.05) is 6.54 Å². The number of amides is 1. The fourth-order valence-electron chi connectivity index (χ4n) is 2.42. The number of esters is 1. The minimum Gasteiger partial charge on any atom is -0.422 e. The van der Waals surface area contributed by atoms with Gasteiger partial charge >= 0.3 is 5.97 Å². The van der Waals surface area contributed by atoms with Crippen molar-refractivity contribution in [3.63, 3.8) is 0 Å². The van der Waals surface area contributed by atoms with E-state index in [1.807, 2.05) is 11.4 Å². The van der Waals surface area contributed by atoms with Gasteiger partial charge in [-0.25, -0.2) is 9.78 Å². The molecular weight excluding hydrogens is 368 g/mol. The van der Waals surface area contributed by atoms with Crippen LogP contribution in [0.2, 0.25) is 0 Å². The Morgan fingerprint density at radius 3 is 2.95 bits per heavy atom. The zero-order valence-corrected chi connectivity index (χ0v) is 14.0. The highest BCUT2D eigenvalue weighted by atomic mass is 79.9. The fraction of sp³-hybridized carbons (Fsp3) is 0.267. The predicted octanol–water partition coefficient (Wildman–Crippen LogP) is 3.12. The van der Waals surface area contributed by atoms with Gasteiger partial charge in [0.15, 0.2) is 5.75 Å². The largest absolute Gasteiger partial charge is 0.422 e. The van der Waals surface area contributed by atoms with Gasteiger partial charge in [0.25, 0.3) is 5.91 Å². The molecule has 0 saturated carbocycles. The number of hydrogen-bond donors (Lipinski definition) is 0. The number of carbonyl (C=O) groups is 2. The highest BCUT2D eigenvalue weighted by Gasteiger charge is 2.36. The van der Waals surface area contributed by atoms with E-state index in [2.05, 4.69) is 20.9 Å². The number of likely N-dealkylation sites (tertiary alicyclic amines) is 1. The van der Waals surface area contributed by atoms with Crippen LogP contribution >= 0.6 is 27.3 Å². The Labute approximate surface area is 140 Å². The number of rotatable bonds is 3. The number of aromatic nitrogens is 1. The van der Waals surface area contributed by atoms with Crippen LogP contribution in [0.3, 0.4) is 0 Å². The smallest absolute Gasteiger partial charge is 0.334 e. The van der Waals surface area contributed by atoms with E-state index in [0.29, 0.717) is 28.2 Å². The third-order valence-electron chi connectivity index (χ3n) is 3.45. The van der Waals surface area contributed by atoms with Crippen molar-refractivity contribution in [3.8, 4) is 5.75 Å². The van der Waals surface area contributed by atoms with Crippen LogP contribution in [0.5, 0.6) is 5.75 Å². The number of nitrogens with zero attached hydrogens (tertiary/aromatic N) is 2. The van der Waals surface area contributed by atoms with Crippen molar-refractivity contribution in [3.05, 3.63) is 45.3 Å². The second-order valence-corrected chi connectivity index (χ2v) is 6.55. The Balaban J connectivity index is 1.74. The van der Waals surface area contributed by atoms with Gasteiger partial charge in [0, 0.05) is 12.7 Å². The van der Waals surface area contributed by atoms with E-state index >= 15 is 0 Å². The summed E-state index contributed by atoms with van der Waals surface area (Å²) in [6.07, 6.45) is 3.02. The Morgan fingerprint density at radius 2 is 2.23 bits per heavy atom. The van der Waals surface area contributed by atoms with Gasteiger partial charge in [-0.05, 0) is 52.4 Å². The van der Waals surface area contributed by atoms with Crippen LogP contribution in [0.4, 0.5) is 0 Å². The van der Waals surface area contributed by atoms with Crippen molar-refractivity contribution >= 4 is 39.1 Å². The van der Waals surface area contributed by atoms with Crippen LogP contribution < -0.4 is 4.74 Å². The van der Waals surface area contributed by atoms with Crippen LogP contribution in [0.25, 0.3) is 0 Å². The third kappa shape index (κ3) is 3.05. The van der Waals surface area contributed by atoms with Crippen molar-refractivity contribution < 1.29 is 14.3 Å². The highest BCUT2D eigenvalue weighted by Crippen LogP contribution is 2.26. The summed E-state index contributed by atoms with van der Waals surface area (Å²) in [7, 11) is 0. The molecule has 0 unspecified atom stereocenters. The summed E-state index contributed by atoms with van der Waals surface area (Å²) in [4.78, 5) is 31.1. The molecule has 0 spiro atoms. The average molecular weight is 381 g/mol. The van der Waals surface area contributed by atoms with Crippen molar-refractivity contribution in [2.45, 2.75) is 18.9 Å². The van der Waals surface area contributed by atoms with Gasteiger partial charge in [-0.1, -0.05) is 6.07 Å². The molecular formula is C15H13BrN2O3S. The molecule has 1 aliphatic rings. The molecule has 2 aromatic heterocycles. The standard InChI is InChI=1S/C15H13BrN2O3S/c16-13-11(5-1-7-17-13)21-15(20)10-4-2-8-18(10)14(19)12-6-3-9-22-12/h1,3,5-7,9-10H,2,4,8H2/t10-/m0/s1. The molecule has 7 heteroatoms. The summed E-state index contributed by atoms with van der Waals surface area (Å²) in [5.74, 6) is -0.168. The molecule has 1 aliphatic heterocycles. The molecule has 3 heterocycles. The average Bonchev–Trinajstić information content (AvgIpc) is 3.20. The van der Waals surface area contributed by atoms with E-state index in [4.69, 9.17) is 4.74 Å². The number of ether oxygens (including phenoxy) is 1. The maximum absolute atomic E-state index is 12.4. The third-order valence-corrected chi connectivity index (χ3v) is 4.91. The highest BCUT2D eigenvalue weighted by molar-refractivity contribution is 9.10. The first-order valence-electron chi connectivity index (χ1n) is 6.83. The lowest BCUT2D eigenvalue weighted by atomic mass is 10.2. The van der Waals surface area contributed by atoms with Crippen LogP contribution in [0, 0.1) is 0 Å². The van der Waals surface area contributed by atoms with E-state index < -0.39 is 12.0 Å². The number of hydrogen-bond acceptors (Lipinski definition) is 5. The van der Waals surface area contributed by atoms with Gasteiger partial charge in [0.2, 0.25) is 0 Å². The molecule has 3 rings (SSSR count). The van der Waals surface area contributed by atoms with E-state index in [9.17, 15) is 9.59 Å². The molecule has 114 valence electrons. The zero-order valence-electron chi connectivity index (χ0n) is 11.6. The van der Waals surface area contributed by atoms with Gasteiger partial charge in [-0.2, -0.15) is 0 Å². The lowest BCUT2D eigenvalue weighted by molar-refractivity contribution is -0.138. The minimum atomic E-state index is -0.540. The Bertz CT molecular complexity index is 690. The molecule has 0 aromatic carbocycles. The summed E-state index contributed by atoms with van der Waals surface area (Å²) in [6, 6.07) is 6.41. The summed E-state index contributed by atoms with van der Waals surface area (Å²) < 4.78 is 5.86. The Morgan fingerprint density at radius 1 is 1.36 bits per heavy atom. The van der Waals surface area contributed by atoms with Crippen LogP contribution in [-0.2, 0) is 4.79 Å². The lowest BCUT2D eigenvalue weighted by Crippen LogP contribution is -2.42. The molecule has 1 saturated heterocycles. The zero-order chi connectivity index (χ0) is 15.5. The van der Waals surface area contributed by atoms with Gasteiger partial charge in [-0.15, -0.1) is 11.3 Å². The molecule has 0 aliphatic carbocycles. The molecule has 0 radical (unpaired) electrons. The Kier molecular flexibility index (Phi) is 4.54. The summed E-state index contributed by atoms with van der Waals surface area (Å²) in [5, 5.41) is 1.85. The normalized spacial score (nSPS) is 17.5. The molecule has 1 atom stereocenters. The first kappa shape index (κ1) is 15.2. The maximum atomic E-state index is 12.4. The Hall–Kier alpha value is -1.73. The second-order valence-electron chi connectivity index (χ2n) is 4.85. The van der Waals surface area contributed by atoms with Gasteiger partial charge < -0.3 is 9.64 Å². The van der Waals surface area contributed by atoms with Gasteiger partial charge in [0.05, 0.1) is 4.88 Å². The number of carbonyl (C=O) groups excluding carboxylic acids is 2. The van der Waals surface area contributed by atoms with E-state index in [-0.39, 0.29) is 5.91 Å². The first-order chi connectivity index (χ1) is 10.7. The van der Waals surface area contributed by atoms with Crippen LogP contribution in [-0.4, -0.2) is 34.3 Å². The SMILES string of the molecule is O=C(Oc1cccnc1Br)[C@@H]1CCCN1C(=O)c1cccs1. The summed E-state index contributed by atoms with van der Waals surface area (Å²) >= 11 is 4.62.